The molecule has 0 bridgehead atoms. The minimum Gasteiger partial charge on any atom is -0.487 e. The van der Waals surface area contributed by atoms with E-state index >= 15 is 0 Å². The van der Waals surface area contributed by atoms with Crippen LogP contribution in [0.2, 0.25) is 5.02 Å². The number of carbonyl (C=O) groups is 1. The van der Waals surface area contributed by atoms with Crippen LogP contribution in [-0.2, 0) is 16.2 Å². The standard InChI is InChI=1S/C19H16ClNO3/c1-12-3-5-14(6-4-12)11-23-18-8-7-15(10-17(18)20)9-16-13(2)21-24-19(16)22/h3-10H,11H2,1-2H3. The van der Waals surface area contributed by atoms with Gasteiger partial charge in [0.1, 0.15) is 12.4 Å². The minimum absolute atomic E-state index is 0.430. The largest absolute Gasteiger partial charge is 0.487 e. The Hall–Kier alpha value is -2.59. The second kappa shape index (κ2) is 6.89. The first-order valence-corrected chi connectivity index (χ1v) is 7.86. The molecule has 0 fully saturated rings. The predicted octanol–water partition coefficient (Wildman–Crippen LogP) is 4.54. The van der Waals surface area contributed by atoms with Gasteiger partial charge in [-0.3, -0.25) is 0 Å². The van der Waals surface area contributed by atoms with Crippen LogP contribution in [0.15, 0.2) is 53.2 Å². The minimum atomic E-state index is -0.455. The van der Waals surface area contributed by atoms with Gasteiger partial charge in [0, 0.05) is 0 Å². The van der Waals surface area contributed by atoms with Crippen LogP contribution in [0.5, 0.6) is 5.75 Å². The molecule has 2 aromatic rings. The van der Waals surface area contributed by atoms with Gasteiger partial charge in [0.15, 0.2) is 0 Å². The predicted molar refractivity (Wildman–Crippen MR) is 94.1 cm³/mol. The van der Waals surface area contributed by atoms with E-state index < -0.39 is 5.97 Å². The van der Waals surface area contributed by atoms with Crippen LogP contribution in [0.3, 0.4) is 0 Å². The number of ether oxygens (including phenoxy) is 1. The average molecular weight is 342 g/mol. The molecule has 0 unspecified atom stereocenters. The van der Waals surface area contributed by atoms with Crippen LogP contribution >= 0.6 is 11.6 Å². The molecule has 0 saturated carbocycles. The SMILES string of the molecule is CC1=NOC(=O)C1=Cc1ccc(OCc2ccc(C)cc2)c(Cl)c1. The number of hydrogen-bond donors (Lipinski definition) is 0. The molecule has 4 nitrogen and oxygen atoms in total. The van der Waals surface area contributed by atoms with Crippen molar-refractivity contribution in [2.24, 2.45) is 5.16 Å². The van der Waals surface area contributed by atoms with Crippen molar-refractivity contribution in [1.82, 2.24) is 0 Å². The Morgan fingerprint density at radius 1 is 1.17 bits per heavy atom. The maximum Gasteiger partial charge on any atom is 0.367 e. The maximum absolute atomic E-state index is 11.6. The fourth-order valence-electron chi connectivity index (χ4n) is 2.26. The summed E-state index contributed by atoms with van der Waals surface area (Å²) in [6.07, 6.45) is 1.70. The first kappa shape index (κ1) is 16.3. The Balaban J connectivity index is 1.73. The summed E-state index contributed by atoms with van der Waals surface area (Å²) >= 11 is 6.28. The van der Waals surface area contributed by atoms with Gasteiger partial charge < -0.3 is 9.57 Å². The van der Waals surface area contributed by atoms with Crippen LogP contribution in [0.25, 0.3) is 6.08 Å². The third-order valence-corrected chi connectivity index (χ3v) is 3.95. The van der Waals surface area contributed by atoms with Gasteiger partial charge in [-0.2, -0.15) is 0 Å². The molecule has 0 atom stereocenters. The van der Waals surface area contributed by atoms with E-state index in [9.17, 15) is 4.79 Å². The molecule has 0 saturated heterocycles. The highest BCUT2D eigenvalue weighted by atomic mass is 35.5. The van der Waals surface area contributed by atoms with Crippen LogP contribution in [0.4, 0.5) is 0 Å². The van der Waals surface area contributed by atoms with Crippen molar-refractivity contribution >= 4 is 29.4 Å². The highest BCUT2D eigenvalue weighted by molar-refractivity contribution is 6.32. The summed E-state index contributed by atoms with van der Waals surface area (Å²) in [7, 11) is 0. The van der Waals surface area contributed by atoms with Crippen molar-refractivity contribution in [1.29, 1.82) is 0 Å². The van der Waals surface area contributed by atoms with E-state index in [2.05, 4.69) is 9.99 Å². The van der Waals surface area contributed by atoms with Crippen molar-refractivity contribution in [3.05, 3.63) is 69.8 Å². The van der Waals surface area contributed by atoms with Crippen molar-refractivity contribution in [3.63, 3.8) is 0 Å². The number of aryl methyl sites for hydroxylation is 1. The number of rotatable bonds is 4. The van der Waals surface area contributed by atoms with Crippen LogP contribution in [0.1, 0.15) is 23.6 Å². The molecule has 1 aliphatic rings. The van der Waals surface area contributed by atoms with Gasteiger partial charge in [-0.05, 0) is 43.2 Å². The monoisotopic (exact) mass is 341 g/mol. The smallest absolute Gasteiger partial charge is 0.367 e. The number of halogens is 1. The second-order valence-electron chi connectivity index (χ2n) is 5.58. The molecule has 0 aliphatic carbocycles. The van der Waals surface area contributed by atoms with E-state index in [1.807, 2.05) is 37.3 Å². The highest BCUT2D eigenvalue weighted by Crippen LogP contribution is 2.28. The lowest BCUT2D eigenvalue weighted by molar-refractivity contribution is -0.136. The van der Waals surface area contributed by atoms with Gasteiger partial charge in [-0.15, -0.1) is 0 Å². The Morgan fingerprint density at radius 3 is 2.54 bits per heavy atom. The van der Waals surface area contributed by atoms with E-state index in [0.717, 1.165) is 11.1 Å². The molecule has 0 spiro atoms. The molecule has 1 aliphatic heterocycles. The van der Waals surface area contributed by atoms with E-state index in [1.54, 1.807) is 25.1 Å². The summed E-state index contributed by atoms with van der Waals surface area (Å²) in [5.41, 5.74) is 4.04. The lowest BCUT2D eigenvalue weighted by atomic mass is 10.1. The molecule has 0 N–H and O–H groups in total. The molecule has 122 valence electrons. The zero-order valence-corrected chi connectivity index (χ0v) is 14.1. The molecule has 5 heteroatoms. The van der Waals surface area contributed by atoms with Crippen molar-refractivity contribution in [3.8, 4) is 5.75 Å². The highest BCUT2D eigenvalue weighted by Gasteiger charge is 2.21. The molecule has 24 heavy (non-hydrogen) atoms. The summed E-state index contributed by atoms with van der Waals surface area (Å²) in [6.45, 7) is 4.21. The molecule has 0 radical (unpaired) electrons. The van der Waals surface area contributed by atoms with Crippen molar-refractivity contribution in [2.45, 2.75) is 20.5 Å². The van der Waals surface area contributed by atoms with E-state index in [4.69, 9.17) is 16.3 Å². The fourth-order valence-corrected chi connectivity index (χ4v) is 2.50. The number of hydrogen-bond acceptors (Lipinski definition) is 4. The Bertz CT molecular complexity index is 838. The summed E-state index contributed by atoms with van der Waals surface area (Å²) in [4.78, 5) is 16.2. The number of oxime groups is 1. The topological polar surface area (TPSA) is 47.9 Å². The molecule has 0 aromatic heterocycles. The first-order valence-electron chi connectivity index (χ1n) is 7.49. The summed E-state index contributed by atoms with van der Waals surface area (Å²) in [5.74, 6) is 0.141. The van der Waals surface area contributed by atoms with Crippen LogP contribution in [0, 0.1) is 6.92 Å². The number of nitrogens with zero attached hydrogens (tertiary/aromatic N) is 1. The number of carbonyl (C=O) groups excluding carboxylic acids is 1. The van der Waals surface area contributed by atoms with Gasteiger partial charge in [-0.25, -0.2) is 4.79 Å². The Labute approximate surface area is 145 Å². The Kier molecular flexibility index (Phi) is 4.67. The third-order valence-electron chi connectivity index (χ3n) is 3.66. The maximum atomic E-state index is 11.6. The normalized spacial score (nSPS) is 15.4. The summed E-state index contributed by atoms with van der Waals surface area (Å²) in [5, 5.41) is 4.13. The average Bonchev–Trinajstić information content (AvgIpc) is 2.87. The van der Waals surface area contributed by atoms with E-state index in [-0.39, 0.29) is 0 Å². The first-order chi connectivity index (χ1) is 11.5. The lowest BCUT2D eigenvalue weighted by Crippen LogP contribution is -2.01. The molecule has 0 amide bonds. The van der Waals surface area contributed by atoms with Gasteiger partial charge in [0.05, 0.1) is 16.3 Å². The quantitative estimate of drug-likeness (QED) is 0.605. The van der Waals surface area contributed by atoms with Crippen LogP contribution in [-0.4, -0.2) is 11.7 Å². The Morgan fingerprint density at radius 2 is 1.92 bits per heavy atom. The molecular formula is C19H16ClNO3. The van der Waals surface area contributed by atoms with Gasteiger partial charge in [0.2, 0.25) is 0 Å². The summed E-state index contributed by atoms with van der Waals surface area (Å²) < 4.78 is 5.76. The second-order valence-corrected chi connectivity index (χ2v) is 5.98. The molecule has 3 rings (SSSR count). The van der Waals surface area contributed by atoms with Crippen molar-refractivity contribution < 1.29 is 14.4 Å². The molecule has 2 aromatic carbocycles. The summed E-state index contributed by atoms with van der Waals surface area (Å²) in [6, 6.07) is 13.5. The van der Waals surface area contributed by atoms with Crippen LogP contribution < -0.4 is 4.74 Å². The lowest BCUT2D eigenvalue weighted by Gasteiger charge is -2.09. The van der Waals surface area contributed by atoms with Gasteiger partial charge >= 0.3 is 5.97 Å². The molecular weight excluding hydrogens is 326 g/mol. The zero-order valence-electron chi connectivity index (χ0n) is 13.4. The number of benzene rings is 2. The van der Waals surface area contributed by atoms with Gasteiger partial charge in [-0.1, -0.05) is 52.7 Å². The van der Waals surface area contributed by atoms with Crippen molar-refractivity contribution in [2.75, 3.05) is 0 Å². The molecule has 1 heterocycles. The fraction of sp³-hybridized carbons (Fsp3) is 0.158. The third kappa shape index (κ3) is 3.66. The van der Waals surface area contributed by atoms with E-state index in [1.165, 1.54) is 5.56 Å². The van der Waals surface area contributed by atoms with Gasteiger partial charge in [0.25, 0.3) is 0 Å². The van der Waals surface area contributed by atoms with E-state index in [0.29, 0.717) is 28.7 Å². The zero-order chi connectivity index (χ0) is 17.1.